The van der Waals surface area contributed by atoms with E-state index in [0.717, 1.165) is 25.1 Å². The Morgan fingerprint density at radius 2 is 2.02 bits per heavy atom. The highest BCUT2D eigenvalue weighted by Gasteiger charge is 2.50. The molecule has 7 rings (SSSR count). The number of aromatic nitrogens is 3. The summed E-state index contributed by atoms with van der Waals surface area (Å²) in [5.41, 5.74) is -3.14. The maximum atomic E-state index is 15.9. The number of hydrogen-bond acceptors (Lipinski definition) is 8. The van der Waals surface area contributed by atoms with Crippen LogP contribution in [-0.2, 0) is 15.7 Å². The van der Waals surface area contributed by atoms with Crippen LogP contribution in [0.5, 0.6) is 6.01 Å². The molecule has 3 aromatic rings. The first-order valence-electron chi connectivity index (χ1n) is 15.5. The quantitative estimate of drug-likeness (QED) is 0.176. The zero-order valence-electron chi connectivity index (χ0n) is 26.0. The van der Waals surface area contributed by atoms with Crippen molar-refractivity contribution in [2.24, 2.45) is 0 Å². The molecule has 6 heterocycles. The van der Waals surface area contributed by atoms with E-state index in [-0.39, 0.29) is 28.6 Å². The van der Waals surface area contributed by atoms with Gasteiger partial charge in [0.15, 0.2) is 5.82 Å². The first-order valence-corrected chi connectivity index (χ1v) is 17.0. The molecule has 0 radical (unpaired) electrons. The molecule has 0 saturated carbocycles. The molecule has 0 N–H and O–H groups in total. The number of benzene rings is 1. The normalized spacial score (nSPS) is 22.2. The summed E-state index contributed by atoms with van der Waals surface area (Å²) in [5, 5.41) is 0.144. The number of carbonyl (C=O) groups excluding carboxylic acids is 1. The van der Waals surface area contributed by atoms with E-state index >= 15 is 4.39 Å². The lowest BCUT2D eigenvalue weighted by atomic mass is 9.91. The van der Waals surface area contributed by atoms with E-state index in [2.05, 4.69) is 35.8 Å². The molecule has 2 atom stereocenters. The van der Waals surface area contributed by atoms with Gasteiger partial charge >= 0.3 is 12.2 Å². The molecule has 4 saturated heterocycles. The number of fused-ring (bicyclic) bond motifs is 2. The zero-order valence-corrected chi connectivity index (χ0v) is 28.3. The first-order chi connectivity index (χ1) is 23.0. The molecule has 9 nitrogen and oxygen atoms in total. The van der Waals surface area contributed by atoms with E-state index < -0.39 is 45.5 Å². The first kappa shape index (κ1) is 34.7. The summed E-state index contributed by atoms with van der Waals surface area (Å²) in [6, 6.07) is 3.91. The van der Waals surface area contributed by atoms with Gasteiger partial charge in [-0.1, -0.05) is 45.7 Å². The minimum atomic E-state index is -4.84. The van der Waals surface area contributed by atoms with Gasteiger partial charge < -0.3 is 19.3 Å². The number of nitrogens with zero attached hydrogens (tertiary/aromatic N) is 6. The largest absolute Gasteiger partial charge is 0.467 e. The second-order valence-electron chi connectivity index (χ2n) is 12.2. The number of pyridine rings is 1. The second-order valence-corrected chi connectivity index (χ2v) is 13.2. The van der Waals surface area contributed by atoms with E-state index in [0.29, 0.717) is 50.8 Å². The fourth-order valence-electron chi connectivity index (χ4n) is 6.90. The third-order valence-electron chi connectivity index (χ3n) is 9.15. The number of rotatable bonds is 5. The fourth-order valence-corrected chi connectivity index (χ4v) is 7.37. The summed E-state index contributed by atoms with van der Waals surface area (Å²) in [6.07, 6.45) is 2.42. The molecule has 16 heteroatoms. The van der Waals surface area contributed by atoms with Crippen LogP contribution in [-0.4, -0.2) is 107 Å². The van der Waals surface area contributed by atoms with Crippen molar-refractivity contribution in [3.05, 3.63) is 53.0 Å². The number of halogens is 7. The molecular formula is C32H33BrClF5N6O3. The number of ether oxygens (including phenoxy) is 2. The van der Waals surface area contributed by atoms with Crippen LogP contribution in [0.1, 0.15) is 24.8 Å². The van der Waals surface area contributed by atoms with Gasteiger partial charge in [0, 0.05) is 49.3 Å². The predicted molar refractivity (Wildman–Crippen MR) is 174 cm³/mol. The molecule has 4 fully saturated rings. The number of allylic oxidation sites excluding steroid dienone is 1. The molecule has 2 aromatic heterocycles. The van der Waals surface area contributed by atoms with E-state index in [1.807, 2.05) is 4.90 Å². The standard InChI is InChI=1S/C25H21BrClF4N5O3.C7H12FN/c1-38-23-33-21-15(10-32-20(19(21)28)14-4-2-5-16(27)18(14)25(29,30)31)22(34-23)35-8-9-36(17(37)6-3-7-26)24(11-35)12-39-13-24;8-6-4-7-2-1-3-9(7)5-6/h2-6,10H,7-9,11-13H2,1H3;6-7H,1-5H2/b6-3+;. The van der Waals surface area contributed by atoms with Gasteiger partial charge in [0.25, 0.3) is 0 Å². The Morgan fingerprint density at radius 1 is 1.23 bits per heavy atom. The molecule has 1 aromatic carbocycles. The molecule has 0 aliphatic carbocycles. The molecule has 0 bridgehead atoms. The third kappa shape index (κ3) is 6.70. The average molecular weight is 760 g/mol. The fraction of sp³-hybridized carbons (Fsp3) is 0.500. The summed E-state index contributed by atoms with van der Waals surface area (Å²) >= 11 is 9.12. The SMILES string of the molecule is COc1nc(N2CCN(C(=O)/C=C/CBr)C3(COC3)C2)c2cnc(-c3cccc(Cl)c3C(F)(F)F)c(F)c2n1.FC1CC2CCCN2C1. The van der Waals surface area contributed by atoms with Crippen LogP contribution in [0, 0.1) is 5.82 Å². The Labute approximate surface area is 287 Å². The van der Waals surface area contributed by atoms with Crippen molar-refractivity contribution in [3.63, 3.8) is 0 Å². The van der Waals surface area contributed by atoms with Crippen molar-refractivity contribution in [2.45, 2.75) is 43.2 Å². The number of piperazine rings is 1. The van der Waals surface area contributed by atoms with Gasteiger partial charge in [-0.05, 0) is 37.9 Å². The van der Waals surface area contributed by atoms with Gasteiger partial charge in [-0.2, -0.15) is 23.1 Å². The Bertz CT molecular complexity index is 1700. The van der Waals surface area contributed by atoms with Crippen molar-refractivity contribution in [2.75, 3.05) is 63.3 Å². The lowest BCUT2D eigenvalue weighted by molar-refractivity contribution is -0.164. The topological polar surface area (TPSA) is 83.9 Å². The lowest BCUT2D eigenvalue weighted by Crippen LogP contribution is -2.72. The van der Waals surface area contributed by atoms with Crippen LogP contribution in [0.2, 0.25) is 5.02 Å². The molecule has 1 spiro atoms. The summed E-state index contributed by atoms with van der Waals surface area (Å²) < 4.78 is 80.6. The highest BCUT2D eigenvalue weighted by Crippen LogP contribution is 2.43. The molecule has 2 unspecified atom stereocenters. The van der Waals surface area contributed by atoms with Crippen molar-refractivity contribution in [1.29, 1.82) is 0 Å². The van der Waals surface area contributed by atoms with E-state index in [1.54, 1.807) is 11.0 Å². The molecule has 48 heavy (non-hydrogen) atoms. The van der Waals surface area contributed by atoms with Crippen LogP contribution in [0.15, 0.2) is 36.5 Å². The predicted octanol–water partition coefficient (Wildman–Crippen LogP) is 6.07. The van der Waals surface area contributed by atoms with Crippen molar-refractivity contribution < 1.29 is 36.2 Å². The monoisotopic (exact) mass is 758 g/mol. The minimum Gasteiger partial charge on any atom is -0.467 e. The number of hydrogen-bond donors (Lipinski definition) is 0. The maximum absolute atomic E-state index is 15.9. The van der Waals surface area contributed by atoms with Gasteiger partial charge in [0.05, 0.1) is 36.3 Å². The van der Waals surface area contributed by atoms with E-state index in [1.165, 1.54) is 38.3 Å². The van der Waals surface area contributed by atoms with Gasteiger partial charge in [0.1, 0.15) is 28.7 Å². The Kier molecular flexibility index (Phi) is 10.1. The maximum Gasteiger partial charge on any atom is 0.418 e. The lowest BCUT2D eigenvalue weighted by Gasteiger charge is -2.55. The van der Waals surface area contributed by atoms with Crippen LogP contribution in [0.3, 0.4) is 0 Å². The summed E-state index contributed by atoms with van der Waals surface area (Å²) in [7, 11) is 1.30. The number of carbonyl (C=O) groups is 1. The van der Waals surface area contributed by atoms with Crippen LogP contribution >= 0.6 is 27.5 Å². The van der Waals surface area contributed by atoms with Crippen LogP contribution in [0.4, 0.5) is 27.8 Å². The summed E-state index contributed by atoms with van der Waals surface area (Å²) in [4.78, 5) is 31.3. The van der Waals surface area contributed by atoms with Gasteiger partial charge in [-0.25, -0.2) is 8.78 Å². The van der Waals surface area contributed by atoms with Crippen molar-refractivity contribution in [1.82, 2.24) is 24.8 Å². The van der Waals surface area contributed by atoms with Gasteiger partial charge in [-0.3, -0.25) is 14.7 Å². The minimum absolute atomic E-state index is 0.151. The van der Waals surface area contributed by atoms with Gasteiger partial charge in [-0.15, -0.1) is 0 Å². The van der Waals surface area contributed by atoms with E-state index in [4.69, 9.17) is 21.1 Å². The highest BCUT2D eigenvalue weighted by atomic mass is 79.9. The molecular weight excluding hydrogens is 727 g/mol. The summed E-state index contributed by atoms with van der Waals surface area (Å²) in [5.74, 6) is -0.939. The highest BCUT2D eigenvalue weighted by molar-refractivity contribution is 9.09. The van der Waals surface area contributed by atoms with Crippen molar-refractivity contribution in [3.8, 4) is 17.3 Å². The molecule has 1 amide bonds. The molecule has 4 aliphatic rings. The van der Waals surface area contributed by atoms with E-state index in [9.17, 15) is 22.4 Å². The average Bonchev–Trinajstić information content (AvgIpc) is 3.63. The van der Waals surface area contributed by atoms with Crippen LogP contribution in [0.25, 0.3) is 22.2 Å². The number of amides is 1. The van der Waals surface area contributed by atoms with Crippen LogP contribution < -0.4 is 9.64 Å². The third-order valence-corrected chi connectivity index (χ3v) is 9.83. The zero-order chi connectivity index (χ0) is 34.2. The summed E-state index contributed by atoms with van der Waals surface area (Å²) in [6.45, 7) is 3.49. The molecule has 4 aliphatic heterocycles. The number of methoxy groups -OCH3 is 1. The Balaban J connectivity index is 0.000000381. The van der Waals surface area contributed by atoms with Crippen molar-refractivity contribution >= 4 is 50.2 Å². The second kappa shape index (κ2) is 14.0. The smallest absolute Gasteiger partial charge is 0.418 e. The van der Waals surface area contributed by atoms with Gasteiger partial charge in [0.2, 0.25) is 5.91 Å². The number of alkyl halides is 5. The Hall–Kier alpha value is -3.14. The number of anilines is 1. The molecule has 258 valence electrons. The Morgan fingerprint density at radius 3 is 2.69 bits per heavy atom.